The van der Waals surface area contributed by atoms with Gasteiger partial charge in [0.25, 0.3) is 0 Å². The van der Waals surface area contributed by atoms with E-state index >= 15 is 0 Å². The van der Waals surface area contributed by atoms with E-state index in [0.29, 0.717) is 5.75 Å². The molecule has 1 heterocycles. The number of ether oxygens (including phenoxy) is 1. The monoisotopic (exact) mass is 255 g/mol. The van der Waals surface area contributed by atoms with E-state index in [4.69, 9.17) is 9.84 Å². The van der Waals surface area contributed by atoms with Crippen LogP contribution in [-0.4, -0.2) is 33.3 Å². The van der Waals surface area contributed by atoms with Crippen LogP contribution in [0.25, 0.3) is 16.7 Å². The van der Waals surface area contributed by atoms with Gasteiger partial charge in [-0.1, -0.05) is 18.2 Å². The molecule has 1 N–H and O–H groups in total. The Morgan fingerprint density at radius 3 is 2.42 bits per heavy atom. The van der Waals surface area contributed by atoms with E-state index in [2.05, 4.69) is 10.2 Å². The summed E-state index contributed by atoms with van der Waals surface area (Å²) in [7, 11) is 0. The number of hydrogen-bond acceptors (Lipinski definition) is 4. The Labute approximate surface area is 110 Å². The summed E-state index contributed by atoms with van der Waals surface area (Å²) < 4.78 is 5.37. The van der Waals surface area contributed by atoms with Gasteiger partial charge >= 0.3 is 0 Å². The molecule has 0 atom stereocenters. The van der Waals surface area contributed by atoms with Gasteiger partial charge in [-0.05, 0) is 24.3 Å². The van der Waals surface area contributed by atoms with Gasteiger partial charge in [0, 0.05) is 6.07 Å². The Morgan fingerprint density at radius 2 is 1.74 bits per heavy atom. The number of benzene rings is 2. The first kappa shape index (κ1) is 11.7. The molecule has 0 aliphatic rings. The first-order valence-electron chi connectivity index (χ1n) is 6.03. The average molecular weight is 255 g/mol. The molecule has 19 heavy (non-hydrogen) atoms. The molecule has 5 heteroatoms. The van der Waals surface area contributed by atoms with Crippen LogP contribution >= 0.6 is 0 Å². The van der Waals surface area contributed by atoms with Gasteiger partial charge in [-0.3, -0.25) is 0 Å². The molecule has 3 aromatic rings. The maximum absolute atomic E-state index is 8.75. The van der Waals surface area contributed by atoms with Gasteiger partial charge in [0.15, 0.2) is 0 Å². The fourth-order valence-electron chi connectivity index (χ4n) is 1.84. The summed E-state index contributed by atoms with van der Waals surface area (Å²) in [6.45, 7) is 0.270. The predicted octanol–water partition coefficient (Wildman–Crippen LogP) is 1.79. The van der Waals surface area contributed by atoms with Crippen LogP contribution in [-0.2, 0) is 0 Å². The Kier molecular flexibility index (Phi) is 3.12. The van der Waals surface area contributed by atoms with Crippen molar-refractivity contribution in [3.63, 3.8) is 0 Å². The largest absolute Gasteiger partial charge is 0.491 e. The van der Waals surface area contributed by atoms with E-state index in [9.17, 15) is 0 Å². The van der Waals surface area contributed by atoms with Crippen LogP contribution in [0.4, 0.5) is 0 Å². The molecule has 0 fully saturated rings. The quantitative estimate of drug-likeness (QED) is 0.772. The maximum atomic E-state index is 8.75. The number of aliphatic hydroxyl groups excluding tert-OH is 1. The Bertz CT molecular complexity index is 661. The van der Waals surface area contributed by atoms with Crippen molar-refractivity contribution in [2.45, 2.75) is 0 Å². The fourth-order valence-corrected chi connectivity index (χ4v) is 1.84. The van der Waals surface area contributed by atoms with E-state index in [1.807, 2.05) is 48.5 Å². The number of fused-ring (bicyclic) bond motifs is 1. The molecule has 2 aromatic carbocycles. The van der Waals surface area contributed by atoms with Gasteiger partial charge in [-0.15, -0.1) is 10.2 Å². The van der Waals surface area contributed by atoms with Crippen LogP contribution in [0.15, 0.2) is 48.5 Å². The van der Waals surface area contributed by atoms with Crippen molar-refractivity contribution in [3.8, 4) is 11.4 Å². The van der Waals surface area contributed by atoms with Crippen molar-refractivity contribution >= 4 is 11.0 Å². The van der Waals surface area contributed by atoms with Crippen LogP contribution in [0.5, 0.6) is 5.75 Å². The van der Waals surface area contributed by atoms with Crippen molar-refractivity contribution in [3.05, 3.63) is 48.5 Å². The van der Waals surface area contributed by atoms with Gasteiger partial charge in [-0.2, -0.15) is 4.80 Å². The third-order valence-electron chi connectivity index (χ3n) is 2.70. The number of rotatable bonds is 4. The molecule has 0 aliphatic carbocycles. The first-order chi connectivity index (χ1) is 9.36. The minimum Gasteiger partial charge on any atom is -0.491 e. The number of hydrogen-bond donors (Lipinski definition) is 1. The summed E-state index contributed by atoms with van der Waals surface area (Å²) in [6.07, 6.45) is 0. The summed E-state index contributed by atoms with van der Waals surface area (Å²) in [5, 5.41) is 17.6. The van der Waals surface area contributed by atoms with Crippen molar-refractivity contribution in [2.24, 2.45) is 0 Å². The van der Waals surface area contributed by atoms with Gasteiger partial charge in [0.05, 0.1) is 12.3 Å². The minimum atomic E-state index is -0.00582. The Balaban J connectivity index is 1.96. The summed E-state index contributed by atoms with van der Waals surface area (Å²) in [6, 6.07) is 15.2. The van der Waals surface area contributed by atoms with Crippen LogP contribution in [0.3, 0.4) is 0 Å². The highest BCUT2D eigenvalue weighted by molar-refractivity contribution is 5.73. The van der Waals surface area contributed by atoms with Gasteiger partial charge in [0.1, 0.15) is 23.4 Å². The molecule has 0 radical (unpaired) electrons. The Hall–Kier alpha value is -2.40. The van der Waals surface area contributed by atoms with Crippen molar-refractivity contribution in [1.82, 2.24) is 15.0 Å². The predicted molar refractivity (Wildman–Crippen MR) is 71.4 cm³/mol. The molecule has 0 spiro atoms. The second kappa shape index (κ2) is 5.07. The zero-order valence-corrected chi connectivity index (χ0v) is 10.2. The fraction of sp³-hybridized carbons (Fsp3) is 0.143. The lowest BCUT2D eigenvalue weighted by atomic mass is 10.3. The van der Waals surface area contributed by atoms with Crippen molar-refractivity contribution in [1.29, 1.82) is 0 Å². The normalized spacial score (nSPS) is 10.8. The topological polar surface area (TPSA) is 60.2 Å². The lowest BCUT2D eigenvalue weighted by molar-refractivity contribution is 0.201. The third kappa shape index (κ3) is 2.41. The highest BCUT2D eigenvalue weighted by Crippen LogP contribution is 2.17. The Morgan fingerprint density at radius 1 is 1.00 bits per heavy atom. The smallest absolute Gasteiger partial charge is 0.121 e. The summed E-state index contributed by atoms with van der Waals surface area (Å²) in [4.78, 5) is 1.58. The molecule has 0 aliphatic heterocycles. The summed E-state index contributed by atoms with van der Waals surface area (Å²) >= 11 is 0. The molecular weight excluding hydrogens is 242 g/mol. The van der Waals surface area contributed by atoms with Crippen molar-refractivity contribution < 1.29 is 9.84 Å². The zero-order valence-electron chi connectivity index (χ0n) is 10.2. The van der Waals surface area contributed by atoms with E-state index in [-0.39, 0.29) is 13.2 Å². The van der Waals surface area contributed by atoms with E-state index in [1.54, 1.807) is 4.80 Å². The van der Waals surface area contributed by atoms with Gasteiger partial charge in [0.2, 0.25) is 0 Å². The van der Waals surface area contributed by atoms with E-state index in [0.717, 1.165) is 16.7 Å². The first-order valence-corrected chi connectivity index (χ1v) is 6.03. The molecule has 0 bridgehead atoms. The molecule has 1 aromatic heterocycles. The molecule has 0 saturated carbocycles. The van der Waals surface area contributed by atoms with E-state index < -0.39 is 0 Å². The molecular formula is C14H13N3O2. The lowest BCUT2D eigenvalue weighted by Gasteiger charge is -2.05. The van der Waals surface area contributed by atoms with E-state index in [1.165, 1.54) is 0 Å². The molecule has 96 valence electrons. The number of aromatic nitrogens is 3. The van der Waals surface area contributed by atoms with Gasteiger partial charge < -0.3 is 9.84 Å². The summed E-state index contributed by atoms with van der Waals surface area (Å²) in [5.41, 5.74) is 2.53. The molecule has 0 saturated heterocycles. The average Bonchev–Trinajstić information content (AvgIpc) is 2.89. The molecule has 0 amide bonds. The molecule has 0 unspecified atom stereocenters. The standard InChI is InChI=1S/C14H13N3O2/c18-8-9-19-12-5-3-4-11(10-12)17-15-13-6-1-2-7-14(13)16-17/h1-7,10,18H,8-9H2. The summed E-state index contributed by atoms with van der Waals surface area (Å²) in [5.74, 6) is 0.688. The van der Waals surface area contributed by atoms with Crippen LogP contribution < -0.4 is 4.74 Å². The molecule has 5 nitrogen and oxygen atoms in total. The second-order valence-electron chi connectivity index (χ2n) is 4.05. The second-order valence-corrected chi connectivity index (χ2v) is 4.05. The van der Waals surface area contributed by atoms with Crippen LogP contribution in [0.1, 0.15) is 0 Å². The van der Waals surface area contributed by atoms with Gasteiger partial charge in [-0.25, -0.2) is 0 Å². The molecule has 3 rings (SSSR count). The van der Waals surface area contributed by atoms with Crippen LogP contribution in [0, 0.1) is 0 Å². The highest BCUT2D eigenvalue weighted by atomic mass is 16.5. The maximum Gasteiger partial charge on any atom is 0.121 e. The lowest BCUT2D eigenvalue weighted by Crippen LogP contribution is -2.03. The third-order valence-corrected chi connectivity index (χ3v) is 2.70. The van der Waals surface area contributed by atoms with Crippen LogP contribution in [0.2, 0.25) is 0 Å². The number of nitrogens with zero attached hydrogens (tertiary/aromatic N) is 3. The SMILES string of the molecule is OCCOc1cccc(-n2nc3ccccc3n2)c1. The number of aliphatic hydroxyl groups is 1. The zero-order chi connectivity index (χ0) is 13.1. The minimum absolute atomic E-state index is 0.00582. The highest BCUT2D eigenvalue weighted by Gasteiger charge is 2.04. The van der Waals surface area contributed by atoms with Crippen molar-refractivity contribution in [2.75, 3.05) is 13.2 Å².